The van der Waals surface area contributed by atoms with Gasteiger partial charge in [0.25, 0.3) is 0 Å². The van der Waals surface area contributed by atoms with Gasteiger partial charge in [0.2, 0.25) is 0 Å². The number of rotatable bonds is 10. The lowest BCUT2D eigenvalue weighted by Gasteiger charge is -2.25. The molecule has 0 spiro atoms. The van der Waals surface area contributed by atoms with E-state index < -0.39 is 0 Å². The summed E-state index contributed by atoms with van der Waals surface area (Å²) in [5, 5.41) is 0. The van der Waals surface area contributed by atoms with E-state index in [1.807, 2.05) is 36.4 Å². The Labute approximate surface area is 185 Å². The van der Waals surface area contributed by atoms with Crippen molar-refractivity contribution in [2.75, 3.05) is 6.61 Å². The second-order valence-corrected chi connectivity index (χ2v) is 8.54. The van der Waals surface area contributed by atoms with E-state index in [1.165, 1.54) is 70.6 Å². The lowest BCUT2D eigenvalue weighted by Crippen LogP contribution is -2.13. The average molecular weight is 405 g/mol. The smallest absolute Gasteiger partial charge is 0.119 e. The van der Waals surface area contributed by atoms with Crippen LogP contribution in [0.1, 0.15) is 96.5 Å². The zero-order chi connectivity index (χ0) is 21.3. The van der Waals surface area contributed by atoms with E-state index in [2.05, 4.69) is 37.5 Å². The van der Waals surface area contributed by atoms with Gasteiger partial charge in [-0.2, -0.15) is 0 Å². The maximum absolute atomic E-state index is 5.77. The van der Waals surface area contributed by atoms with Crippen molar-refractivity contribution in [3.63, 3.8) is 0 Å². The predicted octanol–water partition coefficient (Wildman–Crippen LogP) is 7.94. The maximum Gasteiger partial charge on any atom is 0.119 e. The van der Waals surface area contributed by atoms with Crippen molar-refractivity contribution in [3.8, 4) is 29.4 Å². The standard InChI is InChI=1S/C29H40O/c1-3-5-7-13-25-30-29-23-21-28(22-24-29)16-12-9-8-11-15-27-19-17-26(18-20-27)14-10-6-4-2/h8-9,21-24,26-27H,3-7,10,13-14,17-20,25H2,1-2H3/b9-8+/t26-,27-. The van der Waals surface area contributed by atoms with Gasteiger partial charge in [-0.25, -0.2) is 0 Å². The molecule has 2 rings (SSSR count). The van der Waals surface area contributed by atoms with E-state index in [0.717, 1.165) is 30.3 Å². The highest BCUT2D eigenvalue weighted by atomic mass is 16.5. The highest BCUT2D eigenvalue weighted by Crippen LogP contribution is 2.31. The van der Waals surface area contributed by atoms with E-state index in [-0.39, 0.29) is 0 Å². The van der Waals surface area contributed by atoms with E-state index in [0.29, 0.717) is 5.92 Å². The van der Waals surface area contributed by atoms with Gasteiger partial charge in [0.1, 0.15) is 5.75 Å². The lowest BCUT2D eigenvalue weighted by molar-refractivity contribution is 0.294. The molecule has 1 aliphatic rings. The molecular formula is C29H40O. The number of allylic oxidation sites excluding steroid dienone is 2. The molecule has 1 aromatic carbocycles. The summed E-state index contributed by atoms with van der Waals surface area (Å²) in [5.74, 6) is 15.3. The summed E-state index contributed by atoms with van der Waals surface area (Å²) in [6, 6.07) is 8.05. The fraction of sp³-hybridized carbons (Fsp3) is 0.586. The topological polar surface area (TPSA) is 9.23 Å². The summed E-state index contributed by atoms with van der Waals surface area (Å²) in [5.41, 5.74) is 1.01. The number of hydrogen-bond acceptors (Lipinski definition) is 1. The Hall–Kier alpha value is -2.12. The summed E-state index contributed by atoms with van der Waals surface area (Å²) in [7, 11) is 0. The maximum atomic E-state index is 5.77. The first kappa shape index (κ1) is 24.2. The minimum atomic E-state index is 0.583. The van der Waals surface area contributed by atoms with Crippen LogP contribution in [-0.4, -0.2) is 6.61 Å². The minimum Gasteiger partial charge on any atom is -0.494 e. The van der Waals surface area contributed by atoms with Gasteiger partial charge in [-0.15, -0.1) is 0 Å². The van der Waals surface area contributed by atoms with Crippen LogP contribution in [0.3, 0.4) is 0 Å². The van der Waals surface area contributed by atoms with E-state index in [4.69, 9.17) is 4.74 Å². The van der Waals surface area contributed by atoms with Crippen LogP contribution in [0.2, 0.25) is 0 Å². The van der Waals surface area contributed by atoms with Gasteiger partial charge in [0, 0.05) is 11.5 Å². The Bertz CT molecular complexity index is 712. The summed E-state index contributed by atoms with van der Waals surface area (Å²) in [6.07, 6.45) is 19.5. The Morgan fingerprint density at radius 3 is 2.27 bits per heavy atom. The second kappa shape index (κ2) is 15.7. The molecule has 1 saturated carbocycles. The molecule has 0 radical (unpaired) electrons. The van der Waals surface area contributed by atoms with E-state index >= 15 is 0 Å². The average Bonchev–Trinajstić information content (AvgIpc) is 2.78. The molecule has 30 heavy (non-hydrogen) atoms. The Kier molecular flexibility index (Phi) is 12.6. The molecule has 1 aromatic rings. The molecule has 1 fully saturated rings. The molecule has 162 valence electrons. The van der Waals surface area contributed by atoms with Crippen LogP contribution >= 0.6 is 0 Å². The molecule has 0 unspecified atom stereocenters. The van der Waals surface area contributed by atoms with E-state index in [9.17, 15) is 0 Å². The van der Waals surface area contributed by atoms with Crippen LogP contribution in [0.15, 0.2) is 36.4 Å². The molecule has 1 heteroatoms. The van der Waals surface area contributed by atoms with Gasteiger partial charge in [-0.3, -0.25) is 0 Å². The number of hydrogen-bond donors (Lipinski definition) is 0. The van der Waals surface area contributed by atoms with Gasteiger partial charge in [-0.1, -0.05) is 82.5 Å². The zero-order valence-electron chi connectivity index (χ0n) is 19.2. The molecule has 0 aliphatic heterocycles. The lowest BCUT2D eigenvalue weighted by atomic mass is 9.80. The van der Waals surface area contributed by atoms with Crippen molar-refractivity contribution < 1.29 is 4.74 Å². The largest absolute Gasteiger partial charge is 0.494 e. The van der Waals surface area contributed by atoms with Gasteiger partial charge in [0.15, 0.2) is 0 Å². The quantitative estimate of drug-likeness (QED) is 0.284. The van der Waals surface area contributed by atoms with Gasteiger partial charge >= 0.3 is 0 Å². The molecule has 0 heterocycles. The molecule has 0 bridgehead atoms. The Morgan fingerprint density at radius 2 is 1.53 bits per heavy atom. The predicted molar refractivity (Wildman–Crippen MR) is 129 cm³/mol. The van der Waals surface area contributed by atoms with Crippen molar-refractivity contribution in [3.05, 3.63) is 42.0 Å². The monoisotopic (exact) mass is 404 g/mol. The molecule has 0 saturated heterocycles. The Morgan fingerprint density at radius 1 is 0.833 bits per heavy atom. The fourth-order valence-electron chi connectivity index (χ4n) is 4.01. The Balaban J connectivity index is 1.65. The third-order valence-corrected chi connectivity index (χ3v) is 5.94. The highest BCUT2D eigenvalue weighted by molar-refractivity contribution is 5.40. The normalized spacial score (nSPS) is 18.3. The zero-order valence-corrected chi connectivity index (χ0v) is 19.2. The van der Waals surface area contributed by atoms with Gasteiger partial charge in [-0.05, 0) is 74.4 Å². The van der Waals surface area contributed by atoms with Crippen LogP contribution in [0, 0.1) is 35.5 Å². The number of unbranched alkanes of at least 4 members (excludes halogenated alkanes) is 5. The molecule has 1 nitrogen and oxygen atoms in total. The molecule has 0 aromatic heterocycles. The summed E-state index contributed by atoms with van der Waals surface area (Å²) < 4.78 is 5.77. The van der Waals surface area contributed by atoms with Crippen LogP contribution in [0.25, 0.3) is 0 Å². The van der Waals surface area contributed by atoms with Crippen molar-refractivity contribution in [1.29, 1.82) is 0 Å². The third kappa shape index (κ3) is 10.6. The van der Waals surface area contributed by atoms with Gasteiger partial charge < -0.3 is 4.74 Å². The van der Waals surface area contributed by atoms with Crippen molar-refractivity contribution in [1.82, 2.24) is 0 Å². The molecule has 0 atom stereocenters. The third-order valence-electron chi connectivity index (χ3n) is 5.94. The first-order valence-corrected chi connectivity index (χ1v) is 12.2. The van der Waals surface area contributed by atoms with Crippen LogP contribution in [0.5, 0.6) is 5.75 Å². The first-order chi connectivity index (χ1) is 14.8. The van der Waals surface area contributed by atoms with Crippen LogP contribution < -0.4 is 4.74 Å². The first-order valence-electron chi connectivity index (χ1n) is 12.2. The molecule has 0 N–H and O–H groups in total. The molecule has 0 amide bonds. The number of benzene rings is 1. The van der Waals surface area contributed by atoms with Crippen molar-refractivity contribution >= 4 is 0 Å². The summed E-state index contributed by atoms with van der Waals surface area (Å²) >= 11 is 0. The summed E-state index contributed by atoms with van der Waals surface area (Å²) in [6.45, 7) is 5.31. The summed E-state index contributed by atoms with van der Waals surface area (Å²) in [4.78, 5) is 0. The highest BCUT2D eigenvalue weighted by Gasteiger charge is 2.19. The number of ether oxygens (including phenoxy) is 1. The van der Waals surface area contributed by atoms with Gasteiger partial charge in [0.05, 0.1) is 6.61 Å². The molecular weight excluding hydrogens is 364 g/mol. The van der Waals surface area contributed by atoms with Crippen molar-refractivity contribution in [2.45, 2.75) is 90.9 Å². The minimum absolute atomic E-state index is 0.583. The van der Waals surface area contributed by atoms with Crippen LogP contribution in [0.4, 0.5) is 0 Å². The second-order valence-electron chi connectivity index (χ2n) is 8.54. The van der Waals surface area contributed by atoms with Crippen molar-refractivity contribution in [2.24, 2.45) is 11.8 Å². The fourth-order valence-corrected chi connectivity index (χ4v) is 4.01. The van der Waals surface area contributed by atoms with Crippen LogP contribution in [-0.2, 0) is 0 Å². The SMILES string of the molecule is CCCCCCOc1ccc(C#C/C=C/C#C[C@H]2CC[C@H](CCCCC)CC2)cc1. The van der Waals surface area contributed by atoms with E-state index in [1.54, 1.807) is 0 Å². The molecule has 1 aliphatic carbocycles.